The lowest BCUT2D eigenvalue weighted by Gasteiger charge is -2.29. The fourth-order valence-corrected chi connectivity index (χ4v) is 4.97. The first-order valence-electron chi connectivity index (χ1n) is 12.1. The average Bonchev–Trinajstić information content (AvgIpc) is 3.44. The number of aromatic nitrogens is 2. The number of fused-ring (bicyclic) bond motifs is 1. The number of rotatable bonds is 8. The van der Waals surface area contributed by atoms with E-state index in [9.17, 15) is 4.79 Å². The van der Waals surface area contributed by atoms with Crippen molar-refractivity contribution >= 4 is 5.91 Å². The number of aryl methyl sites for hydroxylation is 1. The van der Waals surface area contributed by atoms with Crippen LogP contribution in [-0.4, -0.2) is 72.4 Å². The van der Waals surface area contributed by atoms with Crippen LogP contribution < -0.4 is 4.74 Å². The molecule has 2 aliphatic rings. The van der Waals surface area contributed by atoms with Gasteiger partial charge in [-0.3, -0.25) is 14.8 Å². The number of ether oxygens (including phenoxy) is 2. The maximum atomic E-state index is 13.5. The van der Waals surface area contributed by atoms with Crippen LogP contribution in [0.4, 0.5) is 0 Å². The molecule has 5 rings (SSSR count). The van der Waals surface area contributed by atoms with Gasteiger partial charge in [0.2, 0.25) is 0 Å². The second-order valence-corrected chi connectivity index (χ2v) is 8.89. The van der Waals surface area contributed by atoms with Crippen LogP contribution in [0.25, 0.3) is 11.3 Å². The smallest absolute Gasteiger partial charge is 0.273 e. The third kappa shape index (κ3) is 4.33. The minimum Gasteiger partial charge on any atom is -0.497 e. The fraction of sp³-hybridized carbons (Fsp3) is 0.407. The molecule has 0 saturated carbocycles. The molecule has 2 aromatic carbocycles. The Bertz CT molecular complexity index is 1120. The van der Waals surface area contributed by atoms with Gasteiger partial charge in [0.1, 0.15) is 11.4 Å². The summed E-state index contributed by atoms with van der Waals surface area (Å²) < 4.78 is 10.8. The van der Waals surface area contributed by atoms with Crippen molar-refractivity contribution in [2.24, 2.45) is 0 Å². The Hall–Kier alpha value is -3.16. The van der Waals surface area contributed by atoms with Gasteiger partial charge in [-0.1, -0.05) is 31.2 Å². The summed E-state index contributed by atoms with van der Waals surface area (Å²) in [5, 5.41) is 7.63. The first-order valence-corrected chi connectivity index (χ1v) is 12.1. The summed E-state index contributed by atoms with van der Waals surface area (Å²) in [6.07, 6.45) is 1.91. The second kappa shape index (κ2) is 9.99. The lowest BCUT2D eigenvalue weighted by Crippen LogP contribution is -2.38. The SMILES string of the molecule is CCc1ccc(C2c3c(-c4ccc(OC)cc4)n[nH]c3C(=O)N2CCCN2CCOCC2)cc1. The zero-order valence-electron chi connectivity index (χ0n) is 19.9. The number of H-pyrrole nitrogens is 1. The van der Waals surface area contributed by atoms with Crippen LogP contribution in [0.5, 0.6) is 5.75 Å². The van der Waals surface area contributed by atoms with Crippen LogP contribution >= 0.6 is 0 Å². The van der Waals surface area contributed by atoms with Crippen molar-refractivity contribution in [3.63, 3.8) is 0 Å². The highest BCUT2D eigenvalue weighted by molar-refractivity contribution is 6.00. The van der Waals surface area contributed by atoms with Crippen molar-refractivity contribution in [3.05, 3.63) is 70.9 Å². The summed E-state index contributed by atoms with van der Waals surface area (Å²) in [5.74, 6) is 0.817. The van der Waals surface area contributed by atoms with E-state index < -0.39 is 0 Å². The second-order valence-electron chi connectivity index (χ2n) is 8.89. The van der Waals surface area contributed by atoms with Gasteiger partial charge in [-0.15, -0.1) is 0 Å². The van der Waals surface area contributed by atoms with E-state index >= 15 is 0 Å². The van der Waals surface area contributed by atoms with Crippen LogP contribution in [0, 0.1) is 0 Å². The lowest BCUT2D eigenvalue weighted by molar-refractivity contribution is 0.0354. The quantitative estimate of drug-likeness (QED) is 0.552. The van der Waals surface area contributed by atoms with Gasteiger partial charge in [-0.05, 0) is 48.2 Å². The van der Waals surface area contributed by atoms with Crippen molar-refractivity contribution in [3.8, 4) is 17.0 Å². The number of amides is 1. The van der Waals surface area contributed by atoms with Crippen molar-refractivity contribution in [1.29, 1.82) is 0 Å². The fourth-order valence-electron chi connectivity index (χ4n) is 4.97. The normalized spacial score (nSPS) is 18.4. The van der Waals surface area contributed by atoms with Crippen LogP contribution in [-0.2, 0) is 11.2 Å². The van der Waals surface area contributed by atoms with E-state index in [1.54, 1.807) is 7.11 Å². The number of methoxy groups -OCH3 is 1. The van der Waals surface area contributed by atoms with Crippen LogP contribution in [0.15, 0.2) is 48.5 Å². The summed E-state index contributed by atoms with van der Waals surface area (Å²) in [5.41, 5.74) is 5.76. The maximum absolute atomic E-state index is 13.5. The zero-order valence-corrected chi connectivity index (χ0v) is 19.9. The standard InChI is InChI=1S/C27H32N4O3/c1-3-19-5-7-21(8-6-19)26-23-24(20-9-11-22(33-2)12-10-20)28-29-25(23)27(32)31(26)14-4-13-30-15-17-34-18-16-30/h5-12,26H,3-4,13-18H2,1-2H3,(H,28,29). The Morgan fingerprint density at radius 2 is 1.79 bits per heavy atom. The predicted molar refractivity (Wildman–Crippen MR) is 131 cm³/mol. The molecular weight excluding hydrogens is 428 g/mol. The number of aromatic amines is 1. The van der Waals surface area contributed by atoms with Gasteiger partial charge in [0.25, 0.3) is 5.91 Å². The summed E-state index contributed by atoms with van der Waals surface area (Å²) in [6.45, 7) is 7.31. The molecule has 1 unspecified atom stereocenters. The molecule has 1 N–H and O–H groups in total. The maximum Gasteiger partial charge on any atom is 0.273 e. The van der Waals surface area contributed by atoms with Gasteiger partial charge < -0.3 is 14.4 Å². The van der Waals surface area contributed by atoms with Gasteiger partial charge in [-0.2, -0.15) is 5.10 Å². The van der Waals surface area contributed by atoms with E-state index in [4.69, 9.17) is 9.47 Å². The molecule has 0 spiro atoms. The topological polar surface area (TPSA) is 70.7 Å². The third-order valence-electron chi connectivity index (χ3n) is 6.91. The van der Waals surface area contributed by atoms with Gasteiger partial charge >= 0.3 is 0 Å². The number of nitrogens with one attached hydrogen (secondary N) is 1. The number of carbonyl (C=O) groups excluding carboxylic acids is 1. The molecule has 7 heteroatoms. The first kappa shape index (κ1) is 22.6. The molecule has 1 amide bonds. The number of hydrogen-bond donors (Lipinski definition) is 1. The van der Waals surface area contributed by atoms with Crippen LogP contribution in [0.2, 0.25) is 0 Å². The van der Waals surface area contributed by atoms with Crippen molar-refractivity contribution in [1.82, 2.24) is 20.0 Å². The molecule has 1 fully saturated rings. The summed E-state index contributed by atoms with van der Waals surface area (Å²) in [7, 11) is 1.66. The van der Waals surface area contributed by atoms with E-state index in [1.807, 2.05) is 29.2 Å². The van der Waals surface area contributed by atoms with E-state index in [2.05, 4.69) is 46.3 Å². The number of nitrogens with zero attached hydrogens (tertiary/aromatic N) is 3. The molecule has 3 aromatic rings. The molecule has 0 radical (unpaired) electrons. The molecule has 1 aromatic heterocycles. The zero-order chi connectivity index (χ0) is 23.5. The molecule has 2 aliphatic heterocycles. The summed E-state index contributed by atoms with van der Waals surface area (Å²) >= 11 is 0. The largest absolute Gasteiger partial charge is 0.497 e. The average molecular weight is 461 g/mol. The van der Waals surface area contributed by atoms with Crippen molar-refractivity contribution in [2.45, 2.75) is 25.8 Å². The van der Waals surface area contributed by atoms with Gasteiger partial charge in [0, 0.05) is 37.3 Å². The number of morpholine rings is 1. The number of hydrogen-bond acceptors (Lipinski definition) is 5. The Morgan fingerprint density at radius 3 is 2.47 bits per heavy atom. The Balaban J connectivity index is 1.46. The van der Waals surface area contributed by atoms with E-state index in [0.717, 1.165) is 73.8 Å². The minimum atomic E-state index is -0.158. The molecule has 0 aliphatic carbocycles. The minimum absolute atomic E-state index is 0.0220. The number of carbonyl (C=O) groups is 1. The van der Waals surface area contributed by atoms with Gasteiger partial charge in [-0.25, -0.2) is 0 Å². The van der Waals surface area contributed by atoms with Gasteiger partial charge in [0.15, 0.2) is 0 Å². The van der Waals surface area contributed by atoms with Gasteiger partial charge in [0.05, 0.1) is 32.1 Å². The summed E-state index contributed by atoms with van der Waals surface area (Å²) in [6, 6.07) is 16.3. The highest BCUT2D eigenvalue weighted by atomic mass is 16.5. The highest BCUT2D eigenvalue weighted by Gasteiger charge is 2.41. The molecule has 178 valence electrons. The molecule has 1 atom stereocenters. The van der Waals surface area contributed by atoms with E-state index in [-0.39, 0.29) is 11.9 Å². The van der Waals surface area contributed by atoms with Crippen molar-refractivity contribution in [2.75, 3.05) is 46.5 Å². The number of benzene rings is 2. The Labute approximate surface area is 200 Å². The molecule has 1 saturated heterocycles. The third-order valence-corrected chi connectivity index (χ3v) is 6.91. The predicted octanol–water partition coefficient (Wildman–Crippen LogP) is 3.92. The lowest BCUT2D eigenvalue weighted by atomic mass is 9.95. The van der Waals surface area contributed by atoms with E-state index in [0.29, 0.717) is 12.2 Å². The van der Waals surface area contributed by atoms with E-state index in [1.165, 1.54) is 5.56 Å². The monoisotopic (exact) mass is 460 g/mol. The first-order chi connectivity index (χ1) is 16.7. The Kier molecular flexibility index (Phi) is 6.65. The molecule has 3 heterocycles. The van der Waals surface area contributed by atoms with Crippen molar-refractivity contribution < 1.29 is 14.3 Å². The molecule has 34 heavy (non-hydrogen) atoms. The highest BCUT2D eigenvalue weighted by Crippen LogP contribution is 2.43. The van der Waals surface area contributed by atoms with Crippen LogP contribution in [0.1, 0.15) is 46.6 Å². The molecule has 7 nitrogen and oxygen atoms in total. The molecular formula is C27H32N4O3. The summed E-state index contributed by atoms with van der Waals surface area (Å²) in [4.78, 5) is 18.0. The van der Waals surface area contributed by atoms with Crippen LogP contribution in [0.3, 0.4) is 0 Å². The Morgan fingerprint density at radius 1 is 1.06 bits per heavy atom. The molecule has 0 bridgehead atoms.